The number of hydrogen-bond acceptors (Lipinski definition) is 3. The Kier molecular flexibility index (Phi) is 7.42. The minimum Gasteiger partial charge on any atom is -0.345 e. The topological polar surface area (TPSA) is 61.4 Å². The minimum absolute atomic E-state index is 0.0550. The lowest BCUT2D eigenvalue weighted by Gasteiger charge is -2.32. The third-order valence-corrected chi connectivity index (χ3v) is 5.61. The fourth-order valence-corrected chi connectivity index (χ4v) is 3.72. The lowest BCUT2D eigenvalue weighted by molar-refractivity contribution is -0.140. The summed E-state index contributed by atoms with van der Waals surface area (Å²) in [6.45, 7) is 6.77. The summed E-state index contributed by atoms with van der Waals surface area (Å²) < 4.78 is 0. The van der Waals surface area contributed by atoms with E-state index >= 15 is 0 Å². The molecule has 1 aliphatic rings. The summed E-state index contributed by atoms with van der Waals surface area (Å²) in [5, 5.41) is 5.70. The third-order valence-electron chi connectivity index (χ3n) is 5.61. The van der Waals surface area contributed by atoms with E-state index in [4.69, 9.17) is 0 Å². The fourth-order valence-electron chi connectivity index (χ4n) is 3.72. The molecule has 2 N–H and O–H groups in total. The molecule has 1 fully saturated rings. The van der Waals surface area contributed by atoms with Crippen LogP contribution in [-0.4, -0.2) is 35.8 Å². The Morgan fingerprint density at radius 2 is 1.62 bits per heavy atom. The molecule has 154 valence electrons. The largest absolute Gasteiger partial charge is 0.345 e. The Morgan fingerprint density at radius 3 is 2.24 bits per heavy atom. The van der Waals surface area contributed by atoms with E-state index in [0.29, 0.717) is 0 Å². The first kappa shape index (κ1) is 21.1. The van der Waals surface area contributed by atoms with E-state index in [9.17, 15) is 9.59 Å². The van der Waals surface area contributed by atoms with Gasteiger partial charge in [-0.3, -0.25) is 14.5 Å². The van der Waals surface area contributed by atoms with Crippen LogP contribution in [0.15, 0.2) is 54.6 Å². The molecule has 1 heterocycles. The molecule has 1 saturated heterocycles. The first-order chi connectivity index (χ1) is 14.0. The molecule has 1 unspecified atom stereocenters. The van der Waals surface area contributed by atoms with Crippen molar-refractivity contribution in [2.45, 2.75) is 51.7 Å². The van der Waals surface area contributed by atoms with Gasteiger partial charge in [-0.15, -0.1) is 0 Å². The van der Waals surface area contributed by atoms with Crippen molar-refractivity contribution in [2.75, 3.05) is 13.1 Å². The van der Waals surface area contributed by atoms with Crippen molar-refractivity contribution >= 4 is 11.8 Å². The Morgan fingerprint density at radius 1 is 0.966 bits per heavy atom. The van der Waals surface area contributed by atoms with Crippen molar-refractivity contribution in [3.05, 3.63) is 71.3 Å². The van der Waals surface area contributed by atoms with Crippen LogP contribution in [0.5, 0.6) is 0 Å². The van der Waals surface area contributed by atoms with Crippen LogP contribution in [0.2, 0.25) is 0 Å². The molecule has 2 amide bonds. The number of nitrogens with zero attached hydrogens (tertiary/aromatic N) is 1. The second-order valence-corrected chi connectivity index (χ2v) is 7.80. The summed E-state index contributed by atoms with van der Waals surface area (Å²) in [6, 6.07) is 18.4. The van der Waals surface area contributed by atoms with Crippen LogP contribution in [-0.2, 0) is 22.6 Å². The van der Waals surface area contributed by atoms with Gasteiger partial charge in [0.25, 0.3) is 0 Å². The van der Waals surface area contributed by atoms with Gasteiger partial charge in [0.2, 0.25) is 0 Å². The molecule has 0 aromatic heterocycles. The summed E-state index contributed by atoms with van der Waals surface area (Å²) >= 11 is 0. The average Bonchev–Trinajstić information content (AvgIpc) is 2.75. The maximum absolute atomic E-state index is 12.3. The van der Waals surface area contributed by atoms with Gasteiger partial charge >= 0.3 is 11.8 Å². The van der Waals surface area contributed by atoms with Gasteiger partial charge in [-0.2, -0.15) is 0 Å². The third kappa shape index (κ3) is 6.16. The highest BCUT2D eigenvalue weighted by Crippen LogP contribution is 2.15. The zero-order valence-electron chi connectivity index (χ0n) is 17.4. The van der Waals surface area contributed by atoms with Gasteiger partial charge in [-0.25, -0.2) is 0 Å². The normalized spacial score (nSPS) is 16.2. The Hall–Kier alpha value is -2.66. The van der Waals surface area contributed by atoms with E-state index in [2.05, 4.69) is 58.9 Å². The number of rotatable bonds is 6. The fraction of sp³-hybridized carbons (Fsp3) is 0.417. The van der Waals surface area contributed by atoms with E-state index in [-0.39, 0.29) is 12.1 Å². The molecule has 1 aliphatic heterocycles. The van der Waals surface area contributed by atoms with Gasteiger partial charge in [0.15, 0.2) is 0 Å². The number of amides is 2. The highest BCUT2D eigenvalue weighted by Gasteiger charge is 2.24. The molecule has 0 bridgehead atoms. The maximum Gasteiger partial charge on any atom is 0.309 e. The van der Waals surface area contributed by atoms with Crippen LogP contribution < -0.4 is 10.6 Å². The molecule has 0 saturated carbocycles. The summed E-state index contributed by atoms with van der Waals surface area (Å²) in [5.41, 5.74) is 3.55. The van der Waals surface area contributed by atoms with Gasteiger partial charge in [-0.1, -0.05) is 61.5 Å². The van der Waals surface area contributed by atoms with Crippen LogP contribution in [0, 0.1) is 0 Å². The van der Waals surface area contributed by atoms with Gasteiger partial charge in [0, 0.05) is 25.7 Å². The van der Waals surface area contributed by atoms with E-state index in [1.165, 1.54) is 11.1 Å². The SMILES string of the molecule is CCc1ccc(C(C)NC(=O)C(=O)NC2CCN(Cc3ccccc3)CC2)cc1. The van der Waals surface area contributed by atoms with Crippen LogP contribution in [0.4, 0.5) is 0 Å². The highest BCUT2D eigenvalue weighted by atomic mass is 16.2. The van der Waals surface area contributed by atoms with Crippen LogP contribution in [0.25, 0.3) is 0 Å². The van der Waals surface area contributed by atoms with E-state index in [0.717, 1.165) is 44.5 Å². The molecular weight excluding hydrogens is 362 g/mol. The van der Waals surface area contributed by atoms with E-state index in [1.54, 1.807) is 0 Å². The molecule has 29 heavy (non-hydrogen) atoms. The first-order valence-corrected chi connectivity index (χ1v) is 10.5. The van der Waals surface area contributed by atoms with Crippen LogP contribution in [0.1, 0.15) is 49.4 Å². The summed E-state index contributed by atoms with van der Waals surface area (Å²) in [5.74, 6) is -1.10. The highest BCUT2D eigenvalue weighted by molar-refractivity contribution is 6.35. The summed E-state index contributed by atoms with van der Waals surface area (Å²) in [4.78, 5) is 27.0. The molecule has 2 aromatic rings. The quantitative estimate of drug-likeness (QED) is 0.741. The molecule has 1 atom stereocenters. The van der Waals surface area contributed by atoms with E-state index < -0.39 is 11.8 Å². The smallest absolute Gasteiger partial charge is 0.309 e. The monoisotopic (exact) mass is 393 g/mol. The van der Waals surface area contributed by atoms with Crippen molar-refractivity contribution in [3.8, 4) is 0 Å². The predicted molar refractivity (Wildman–Crippen MR) is 115 cm³/mol. The molecule has 0 radical (unpaired) electrons. The van der Waals surface area contributed by atoms with Crippen molar-refractivity contribution < 1.29 is 9.59 Å². The molecular formula is C24H31N3O2. The number of nitrogens with one attached hydrogen (secondary N) is 2. The number of piperidine rings is 1. The number of likely N-dealkylation sites (tertiary alicyclic amines) is 1. The molecule has 3 rings (SSSR count). The van der Waals surface area contributed by atoms with Crippen LogP contribution in [0.3, 0.4) is 0 Å². The zero-order chi connectivity index (χ0) is 20.6. The second kappa shape index (κ2) is 10.2. The first-order valence-electron chi connectivity index (χ1n) is 10.5. The minimum atomic E-state index is -0.566. The zero-order valence-corrected chi connectivity index (χ0v) is 17.4. The van der Waals surface area contributed by atoms with Crippen molar-refractivity contribution in [1.82, 2.24) is 15.5 Å². The van der Waals surface area contributed by atoms with Gasteiger partial charge in [-0.05, 0) is 42.9 Å². The lowest BCUT2D eigenvalue weighted by Crippen LogP contribution is -2.49. The number of carbonyl (C=O) groups excluding carboxylic acids is 2. The number of benzene rings is 2. The number of carbonyl (C=O) groups is 2. The van der Waals surface area contributed by atoms with Crippen LogP contribution >= 0.6 is 0 Å². The van der Waals surface area contributed by atoms with E-state index in [1.807, 2.05) is 25.1 Å². The molecule has 2 aromatic carbocycles. The predicted octanol–water partition coefficient (Wildman–Crippen LogP) is 3.21. The molecule has 5 nitrogen and oxygen atoms in total. The molecule has 0 aliphatic carbocycles. The van der Waals surface area contributed by atoms with Crippen molar-refractivity contribution in [1.29, 1.82) is 0 Å². The average molecular weight is 394 g/mol. The van der Waals surface area contributed by atoms with Gasteiger partial charge in [0.05, 0.1) is 6.04 Å². The second-order valence-electron chi connectivity index (χ2n) is 7.80. The van der Waals surface area contributed by atoms with Crippen molar-refractivity contribution in [2.24, 2.45) is 0 Å². The van der Waals surface area contributed by atoms with Gasteiger partial charge in [0.1, 0.15) is 0 Å². The standard InChI is InChI=1S/C24H31N3O2/c1-3-19-9-11-21(12-10-19)18(2)25-23(28)24(29)26-22-13-15-27(16-14-22)17-20-7-5-4-6-8-20/h4-12,18,22H,3,13-17H2,1-2H3,(H,25,28)(H,26,29). The van der Waals surface area contributed by atoms with Crippen molar-refractivity contribution in [3.63, 3.8) is 0 Å². The molecule has 5 heteroatoms. The van der Waals surface area contributed by atoms with Gasteiger partial charge < -0.3 is 10.6 Å². The Labute approximate surface area is 173 Å². The molecule has 0 spiro atoms. The summed E-state index contributed by atoms with van der Waals surface area (Å²) in [7, 11) is 0. The number of hydrogen-bond donors (Lipinski definition) is 2. The Bertz CT molecular complexity index is 797. The lowest BCUT2D eigenvalue weighted by atomic mass is 10.0. The number of aryl methyl sites for hydroxylation is 1. The summed E-state index contributed by atoms with van der Waals surface area (Å²) in [6.07, 6.45) is 2.70. The maximum atomic E-state index is 12.3. The Balaban J connectivity index is 1.42.